The Labute approximate surface area is 102 Å². The second kappa shape index (κ2) is 4.61. The van der Waals surface area contributed by atoms with E-state index in [1.807, 2.05) is 24.7 Å². The van der Waals surface area contributed by atoms with Crippen molar-refractivity contribution in [2.24, 2.45) is 7.05 Å². The molecule has 0 aliphatic rings. The van der Waals surface area contributed by atoms with Crippen molar-refractivity contribution in [3.8, 4) is 11.6 Å². The minimum Gasteiger partial charge on any atom is -0.369 e. The molecule has 2 heterocycles. The maximum atomic E-state index is 4.41. The molecule has 0 aliphatic carbocycles. The van der Waals surface area contributed by atoms with E-state index in [-0.39, 0.29) is 0 Å². The molecule has 1 N–H and O–H groups in total. The van der Waals surface area contributed by atoms with Crippen LogP contribution in [0.15, 0.2) is 23.1 Å². The van der Waals surface area contributed by atoms with Crippen molar-refractivity contribution >= 4 is 21.7 Å². The molecule has 0 saturated heterocycles. The second-order valence-electron chi connectivity index (χ2n) is 3.28. The topological polar surface area (TPSA) is 55.6 Å². The number of nitrogens with zero attached hydrogens (tertiary/aromatic N) is 4. The number of halogens is 1. The molecule has 0 spiro atoms. The van der Waals surface area contributed by atoms with Gasteiger partial charge in [0.05, 0.1) is 4.47 Å². The SMILES string of the molecule is CCNc1nc(-c2nccn2C)ncc1Br. The Kier molecular flexibility index (Phi) is 3.19. The molecule has 0 radical (unpaired) electrons. The van der Waals surface area contributed by atoms with Crippen LogP contribution < -0.4 is 5.32 Å². The third-order valence-corrected chi connectivity index (χ3v) is 2.69. The number of aryl methyl sites for hydroxylation is 1. The number of aromatic nitrogens is 4. The summed E-state index contributed by atoms with van der Waals surface area (Å²) in [7, 11) is 1.92. The van der Waals surface area contributed by atoms with Crippen LogP contribution in [0.25, 0.3) is 11.6 Å². The monoisotopic (exact) mass is 281 g/mol. The standard InChI is InChI=1S/C10H12BrN5/c1-3-12-8-7(11)6-14-9(15-8)10-13-4-5-16(10)2/h4-6H,3H2,1-2H3,(H,12,14,15). The molecule has 0 aromatic carbocycles. The number of hydrogen-bond acceptors (Lipinski definition) is 4. The van der Waals surface area contributed by atoms with E-state index in [9.17, 15) is 0 Å². The lowest BCUT2D eigenvalue weighted by Crippen LogP contribution is -2.04. The van der Waals surface area contributed by atoms with Crippen LogP contribution in [0.3, 0.4) is 0 Å². The zero-order valence-corrected chi connectivity index (χ0v) is 10.7. The van der Waals surface area contributed by atoms with E-state index in [1.165, 1.54) is 0 Å². The lowest BCUT2D eigenvalue weighted by Gasteiger charge is -2.06. The molecule has 2 rings (SSSR count). The molecule has 2 aromatic rings. The van der Waals surface area contributed by atoms with Crippen LogP contribution in [0.5, 0.6) is 0 Å². The highest BCUT2D eigenvalue weighted by Crippen LogP contribution is 2.21. The first-order valence-corrected chi connectivity index (χ1v) is 5.75. The van der Waals surface area contributed by atoms with Gasteiger partial charge in [0.15, 0.2) is 11.6 Å². The largest absolute Gasteiger partial charge is 0.369 e. The zero-order valence-electron chi connectivity index (χ0n) is 9.11. The molecule has 0 aliphatic heterocycles. The number of imidazole rings is 1. The molecule has 0 fully saturated rings. The summed E-state index contributed by atoms with van der Waals surface area (Å²) in [6, 6.07) is 0. The third-order valence-electron chi connectivity index (χ3n) is 2.11. The highest BCUT2D eigenvalue weighted by Gasteiger charge is 2.09. The predicted molar refractivity (Wildman–Crippen MR) is 66.1 cm³/mol. The normalized spacial score (nSPS) is 10.4. The molecule has 2 aromatic heterocycles. The van der Waals surface area contributed by atoms with Gasteiger partial charge in [0.1, 0.15) is 5.82 Å². The van der Waals surface area contributed by atoms with E-state index in [0.717, 1.165) is 22.7 Å². The van der Waals surface area contributed by atoms with E-state index in [2.05, 4.69) is 36.2 Å². The zero-order chi connectivity index (χ0) is 11.5. The minimum atomic E-state index is 0.617. The fourth-order valence-electron chi connectivity index (χ4n) is 1.35. The predicted octanol–water partition coefficient (Wildman–Crippen LogP) is 2.07. The lowest BCUT2D eigenvalue weighted by molar-refractivity contribution is 0.905. The molecule has 0 amide bonds. The fourth-order valence-corrected chi connectivity index (χ4v) is 1.68. The van der Waals surface area contributed by atoms with Crippen molar-refractivity contribution < 1.29 is 0 Å². The summed E-state index contributed by atoms with van der Waals surface area (Å²) in [5.74, 6) is 2.16. The van der Waals surface area contributed by atoms with Crippen molar-refractivity contribution in [3.63, 3.8) is 0 Å². The van der Waals surface area contributed by atoms with E-state index in [4.69, 9.17) is 0 Å². The Morgan fingerprint density at radius 3 is 2.88 bits per heavy atom. The van der Waals surface area contributed by atoms with Gasteiger partial charge in [-0.15, -0.1) is 0 Å². The van der Waals surface area contributed by atoms with Gasteiger partial charge in [-0.1, -0.05) is 0 Å². The van der Waals surface area contributed by atoms with Gasteiger partial charge in [0.25, 0.3) is 0 Å². The van der Waals surface area contributed by atoms with Crippen molar-refractivity contribution in [2.45, 2.75) is 6.92 Å². The van der Waals surface area contributed by atoms with Gasteiger partial charge in [0, 0.05) is 32.2 Å². The summed E-state index contributed by atoms with van der Waals surface area (Å²) in [5, 5.41) is 3.16. The Hall–Kier alpha value is -1.43. The molecule has 0 atom stereocenters. The minimum absolute atomic E-state index is 0.617. The van der Waals surface area contributed by atoms with Crippen LogP contribution >= 0.6 is 15.9 Å². The van der Waals surface area contributed by atoms with E-state index in [1.54, 1.807) is 12.4 Å². The second-order valence-corrected chi connectivity index (χ2v) is 4.14. The smallest absolute Gasteiger partial charge is 0.197 e. The van der Waals surface area contributed by atoms with Crippen LogP contribution in [0.4, 0.5) is 5.82 Å². The van der Waals surface area contributed by atoms with Crippen LogP contribution in [0.2, 0.25) is 0 Å². The molecule has 84 valence electrons. The Bertz CT molecular complexity index is 494. The van der Waals surface area contributed by atoms with E-state index in [0.29, 0.717) is 5.82 Å². The average Bonchev–Trinajstić information content (AvgIpc) is 2.68. The van der Waals surface area contributed by atoms with Crippen LogP contribution in [-0.2, 0) is 7.05 Å². The molecular weight excluding hydrogens is 270 g/mol. The molecule has 6 heteroatoms. The van der Waals surface area contributed by atoms with Crippen LogP contribution in [-0.4, -0.2) is 26.1 Å². The fraction of sp³-hybridized carbons (Fsp3) is 0.300. The van der Waals surface area contributed by atoms with Gasteiger partial charge in [-0.05, 0) is 22.9 Å². The molecule has 0 bridgehead atoms. The van der Waals surface area contributed by atoms with Crippen molar-refractivity contribution in [1.82, 2.24) is 19.5 Å². The first kappa shape index (κ1) is 11.1. The summed E-state index contributed by atoms with van der Waals surface area (Å²) in [4.78, 5) is 12.9. The van der Waals surface area contributed by atoms with Gasteiger partial charge in [-0.3, -0.25) is 0 Å². The van der Waals surface area contributed by atoms with Crippen molar-refractivity contribution in [2.75, 3.05) is 11.9 Å². The van der Waals surface area contributed by atoms with E-state index >= 15 is 0 Å². The van der Waals surface area contributed by atoms with Crippen molar-refractivity contribution in [1.29, 1.82) is 0 Å². The Balaban J connectivity index is 2.43. The summed E-state index contributed by atoms with van der Waals surface area (Å²) in [6.07, 6.45) is 5.33. The molecule has 16 heavy (non-hydrogen) atoms. The summed E-state index contributed by atoms with van der Waals surface area (Å²) < 4.78 is 2.74. The van der Waals surface area contributed by atoms with Crippen molar-refractivity contribution in [3.05, 3.63) is 23.1 Å². The quantitative estimate of drug-likeness (QED) is 0.936. The highest BCUT2D eigenvalue weighted by molar-refractivity contribution is 9.10. The van der Waals surface area contributed by atoms with Gasteiger partial charge >= 0.3 is 0 Å². The number of nitrogens with one attached hydrogen (secondary N) is 1. The molecule has 0 saturated carbocycles. The Morgan fingerprint density at radius 2 is 2.25 bits per heavy atom. The van der Waals surface area contributed by atoms with Gasteiger partial charge in [-0.2, -0.15) is 0 Å². The average molecular weight is 282 g/mol. The maximum Gasteiger partial charge on any atom is 0.197 e. The van der Waals surface area contributed by atoms with Gasteiger partial charge < -0.3 is 9.88 Å². The summed E-state index contributed by atoms with van der Waals surface area (Å²) in [5.41, 5.74) is 0. The van der Waals surface area contributed by atoms with Crippen LogP contribution in [0.1, 0.15) is 6.92 Å². The van der Waals surface area contributed by atoms with Crippen LogP contribution in [0, 0.1) is 0 Å². The van der Waals surface area contributed by atoms with Gasteiger partial charge in [-0.25, -0.2) is 15.0 Å². The van der Waals surface area contributed by atoms with E-state index < -0.39 is 0 Å². The maximum absolute atomic E-state index is 4.41. The summed E-state index contributed by atoms with van der Waals surface area (Å²) in [6.45, 7) is 2.84. The first-order chi connectivity index (χ1) is 7.72. The molecule has 5 nitrogen and oxygen atoms in total. The first-order valence-electron chi connectivity index (χ1n) is 4.96. The number of hydrogen-bond donors (Lipinski definition) is 1. The number of anilines is 1. The highest BCUT2D eigenvalue weighted by atomic mass is 79.9. The lowest BCUT2D eigenvalue weighted by atomic mass is 10.5. The summed E-state index contributed by atoms with van der Waals surface area (Å²) >= 11 is 3.40. The molecule has 0 unspecified atom stereocenters. The molecular formula is C10H12BrN5. The Morgan fingerprint density at radius 1 is 1.44 bits per heavy atom. The van der Waals surface area contributed by atoms with Gasteiger partial charge in [0.2, 0.25) is 0 Å². The number of rotatable bonds is 3. The third kappa shape index (κ3) is 2.06.